The standard InChI is InChI=1S/C16H18N2O/c1-4-11-5-2-9-18-16(11)12(6-1)15-10-13-14(19-15)7-3-8-17-13/h3,6-8,10-11,16,18H,1-2,4-5,9H2/t11-,16+/m1/s1. The van der Waals surface area contributed by atoms with Crippen molar-refractivity contribution in [3.63, 3.8) is 0 Å². The molecule has 3 nitrogen and oxygen atoms in total. The molecule has 2 aromatic heterocycles. The fourth-order valence-corrected chi connectivity index (χ4v) is 3.48. The van der Waals surface area contributed by atoms with Gasteiger partial charge in [0.1, 0.15) is 11.3 Å². The molecule has 1 saturated heterocycles. The predicted octanol–water partition coefficient (Wildman–Crippen LogP) is 3.37. The van der Waals surface area contributed by atoms with Crippen LogP contribution in [0.5, 0.6) is 0 Å². The van der Waals surface area contributed by atoms with Crippen LogP contribution in [0.2, 0.25) is 0 Å². The van der Waals surface area contributed by atoms with Crippen LogP contribution < -0.4 is 5.32 Å². The van der Waals surface area contributed by atoms with Gasteiger partial charge < -0.3 is 9.73 Å². The van der Waals surface area contributed by atoms with Gasteiger partial charge in [0.25, 0.3) is 0 Å². The van der Waals surface area contributed by atoms with E-state index in [0.29, 0.717) is 6.04 Å². The van der Waals surface area contributed by atoms with Gasteiger partial charge in [0, 0.05) is 23.9 Å². The first-order valence-corrected chi connectivity index (χ1v) is 7.20. The van der Waals surface area contributed by atoms with E-state index >= 15 is 0 Å². The van der Waals surface area contributed by atoms with Gasteiger partial charge in [0.05, 0.1) is 0 Å². The number of furan rings is 1. The molecule has 98 valence electrons. The van der Waals surface area contributed by atoms with Gasteiger partial charge in [-0.05, 0) is 50.3 Å². The van der Waals surface area contributed by atoms with Crippen LogP contribution in [0.3, 0.4) is 0 Å². The third kappa shape index (κ3) is 1.89. The number of nitrogens with zero attached hydrogens (tertiary/aromatic N) is 1. The van der Waals surface area contributed by atoms with Crippen molar-refractivity contribution in [3.05, 3.63) is 36.2 Å². The predicted molar refractivity (Wildman–Crippen MR) is 75.7 cm³/mol. The van der Waals surface area contributed by atoms with E-state index in [0.717, 1.165) is 29.3 Å². The van der Waals surface area contributed by atoms with E-state index in [1.54, 1.807) is 0 Å². The van der Waals surface area contributed by atoms with Crippen molar-refractivity contribution in [3.8, 4) is 0 Å². The summed E-state index contributed by atoms with van der Waals surface area (Å²) in [5, 5.41) is 3.67. The first kappa shape index (κ1) is 11.2. The summed E-state index contributed by atoms with van der Waals surface area (Å²) in [7, 11) is 0. The summed E-state index contributed by atoms with van der Waals surface area (Å²) in [4.78, 5) is 4.36. The van der Waals surface area contributed by atoms with Gasteiger partial charge in [0.15, 0.2) is 5.58 Å². The van der Waals surface area contributed by atoms with E-state index in [1.807, 2.05) is 18.3 Å². The summed E-state index contributed by atoms with van der Waals surface area (Å²) in [6.07, 6.45) is 9.28. The van der Waals surface area contributed by atoms with E-state index in [2.05, 4.69) is 22.4 Å². The van der Waals surface area contributed by atoms with E-state index < -0.39 is 0 Å². The fourth-order valence-electron chi connectivity index (χ4n) is 3.48. The number of nitrogens with one attached hydrogen (secondary N) is 1. The normalized spacial score (nSPS) is 27.1. The van der Waals surface area contributed by atoms with Crippen molar-refractivity contribution < 1.29 is 4.42 Å². The summed E-state index contributed by atoms with van der Waals surface area (Å²) in [6.45, 7) is 1.12. The highest BCUT2D eigenvalue weighted by Gasteiger charge is 2.31. The van der Waals surface area contributed by atoms with Gasteiger partial charge >= 0.3 is 0 Å². The van der Waals surface area contributed by atoms with Crippen molar-refractivity contribution in [2.24, 2.45) is 5.92 Å². The monoisotopic (exact) mass is 254 g/mol. The molecule has 0 bridgehead atoms. The zero-order valence-electron chi connectivity index (χ0n) is 10.9. The minimum absolute atomic E-state index is 0.475. The van der Waals surface area contributed by atoms with Gasteiger partial charge in [-0.2, -0.15) is 0 Å². The molecule has 1 fully saturated rings. The topological polar surface area (TPSA) is 38.1 Å². The van der Waals surface area contributed by atoms with Gasteiger partial charge in [-0.3, -0.25) is 4.98 Å². The lowest BCUT2D eigenvalue weighted by Crippen LogP contribution is -2.43. The quantitative estimate of drug-likeness (QED) is 0.848. The number of hydrogen-bond donors (Lipinski definition) is 1. The summed E-state index contributed by atoms with van der Waals surface area (Å²) < 4.78 is 5.99. The van der Waals surface area contributed by atoms with Crippen molar-refractivity contribution >= 4 is 16.7 Å². The molecule has 2 atom stereocenters. The Morgan fingerprint density at radius 2 is 2.32 bits per heavy atom. The molecule has 0 unspecified atom stereocenters. The Balaban J connectivity index is 1.75. The first-order chi connectivity index (χ1) is 9.42. The lowest BCUT2D eigenvalue weighted by atomic mass is 9.78. The average molecular weight is 254 g/mol. The Labute approximate surface area is 112 Å². The Morgan fingerprint density at radius 3 is 3.26 bits per heavy atom. The number of pyridine rings is 1. The Hall–Kier alpha value is -1.61. The largest absolute Gasteiger partial charge is 0.455 e. The minimum atomic E-state index is 0.475. The van der Waals surface area contributed by atoms with Crippen molar-refractivity contribution in [1.29, 1.82) is 0 Å². The highest BCUT2D eigenvalue weighted by Crippen LogP contribution is 2.37. The summed E-state index contributed by atoms with van der Waals surface area (Å²) in [5.74, 6) is 1.77. The van der Waals surface area contributed by atoms with E-state index in [-0.39, 0.29) is 0 Å². The van der Waals surface area contributed by atoms with Crippen LogP contribution in [0.1, 0.15) is 31.4 Å². The SMILES string of the molecule is C1=C(c2cc3ncccc3o2)[C@H]2NCCC[C@H]2CC1. The van der Waals surface area contributed by atoms with Crippen LogP contribution in [0.15, 0.2) is 34.9 Å². The van der Waals surface area contributed by atoms with Crippen LogP contribution in [-0.4, -0.2) is 17.6 Å². The molecule has 0 radical (unpaired) electrons. The molecule has 3 heteroatoms. The molecular formula is C16H18N2O. The van der Waals surface area contributed by atoms with Crippen molar-refractivity contribution in [2.75, 3.05) is 6.54 Å². The summed E-state index contributed by atoms with van der Waals surface area (Å²) >= 11 is 0. The lowest BCUT2D eigenvalue weighted by Gasteiger charge is -2.36. The van der Waals surface area contributed by atoms with Gasteiger partial charge in [-0.15, -0.1) is 0 Å². The number of hydrogen-bond acceptors (Lipinski definition) is 3. The molecule has 3 heterocycles. The Morgan fingerprint density at radius 1 is 1.32 bits per heavy atom. The number of aromatic nitrogens is 1. The van der Waals surface area contributed by atoms with Crippen LogP contribution in [0, 0.1) is 5.92 Å². The molecule has 2 aliphatic rings. The number of allylic oxidation sites excluding steroid dienone is 1. The van der Waals surface area contributed by atoms with Gasteiger partial charge in [-0.1, -0.05) is 6.08 Å². The molecular weight excluding hydrogens is 236 g/mol. The van der Waals surface area contributed by atoms with E-state index in [9.17, 15) is 0 Å². The lowest BCUT2D eigenvalue weighted by molar-refractivity contribution is 0.301. The zero-order valence-corrected chi connectivity index (χ0v) is 10.9. The van der Waals surface area contributed by atoms with Crippen molar-refractivity contribution in [1.82, 2.24) is 10.3 Å². The molecule has 4 rings (SSSR count). The van der Waals surface area contributed by atoms with Crippen LogP contribution in [-0.2, 0) is 0 Å². The van der Waals surface area contributed by atoms with Gasteiger partial charge in [-0.25, -0.2) is 0 Å². The number of rotatable bonds is 1. The van der Waals surface area contributed by atoms with Crippen LogP contribution >= 0.6 is 0 Å². The molecule has 1 aliphatic heterocycles. The number of fused-ring (bicyclic) bond motifs is 2. The molecule has 0 spiro atoms. The van der Waals surface area contributed by atoms with Gasteiger partial charge in [0.2, 0.25) is 0 Å². The zero-order chi connectivity index (χ0) is 12.7. The number of piperidine rings is 1. The average Bonchev–Trinajstić information content (AvgIpc) is 2.90. The maximum Gasteiger partial charge on any atom is 0.153 e. The van der Waals surface area contributed by atoms with E-state index in [1.165, 1.54) is 31.3 Å². The summed E-state index contributed by atoms with van der Waals surface area (Å²) in [5.41, 5.74) is 3.18. The second kappa shape index (κ2) is 4.49. The highest BCUT2D eigenvalue weighted by molar-refractivity contribution is 5.79. The summed E-state index contributed by atoms with van der Waals surface area (Å²) in [6, 6.07) is 6.47. The molecule has 0 saturated carbocycles. The Kier molecular flexibility index (Phi) is 2.66. The smallest absolute Gasteiger partial charge is 0.153 e. The fraction of sp³-hybridized carbons (Fsp3) is 0.438. The maximum atomic E-state index is 5.99. The third-order valence-corrected chi connectivity index (χ3v) is 4.40. The third-order valence-electron chi connectivity index (χ3n) is 4.40. The van der Waals surface area contributed by atoms with Crippen molar-refractivity contribution in [2.45, 2.75) is 31.7 Å². The molecule has 19 heavy (non-hydrogen) atoms. The molecule has 0 amide bonds. The maximum absolute atomic E-state index is 5.99. The first-order valence-electron chi connectivity index (χ1n) is 7.20. The molecule has 1 aliphatic carbocycles. The minimum Gasteiger partial charge on any atom is -0.455 e. The Bertz CT molecular complexity index is 595. The van der Waals surface area contributed by atoms with Crippen LogP contribution in [0.25, 0.3) is 16.7 Å². The highest BCUT2D eigenvalue weighted by atomic mass is 16.3. The molecule has 2 aromatic rings. The van der Waals surface area contributed by atoms with Crippen LogP contribution in [0.4, 0.5) is 0 Å². The molecule has 0 aromatic carbocycles. The van der Waals surface area contributed by atoms with E-state index in [4.69, 9.17) is 4.42 Å². The second-order valence-corrected chi connectivity index (χ2v) is 5.57. The second-order valence-electron chi connectivity index (χ2n) is 5.57. The molecule has 1 N–H and O–H groups in total.